The highest BCUT2D eigenvalue weighted by Gasteiger charge is 2.63. The largest absolute Gasteiger partial charge is 0.440 e. The van der Waals surface area contributed by atoms with E-state index in [9.17, 15) is 14.4 Å². The third kappa shape index (κ3) is 3.10. The second-order valence-corrected chi connectivity index (χ2v) is 8.92. The first-order valence-electron chi connectivity index (χ1n) is 8.15. The molecule has 0 aliphatic carbocycles. The second kappa shape index (κ2) is 6.09. The van der Waals surface area contributed by atoms with Crippen molar-refractivity contribution in [3.05, 3.63) is 12.2 Å². The summed E-state index contributed by atoms with van der Waals surface area (Å²) in [5, 5.41) is 0. The number of carbonyl (C=O) groups is 3. The molecule has 0 radical (unpaired) electrons. The number of amides is 3. The monoisotopic (exact) mass is 415 g/mol. The van der Waals surface area contributed by atoms with E-state index >= 15 is 0 Å². The molecule has 0 bridgehead atoms. The van der Waals surface area contributed by atoms with Crippen LogP contribution >= 0.6 is 16.1 Å². The molecular weight excluding hydrogens is 390 g/mol. The lowest BCUT2D eigenvalue weighted by Crippen LogP contribution is -2.67. The lowest BCUT2D eigenvalue weighted by atomic mass is 9.70. The number of carbonyl (C=O) groups excluding carboxylic acids is 3. The highest BCUT2D eigenvalue weighted by molar-refractivity contribution is 9.07. The highest BCUT2D eigenvalue weighted by Crippen LogP contribution is 2.50. The van der Waals surface area contributed by atoms with Gasteiger partial charge in [-0.1, -0.05) is 6.58 Å². The molecule has 1 spiro atoms. The Morgan fingerprint density at radius 3 is 2.12 bits per heavy atom. The van der Waals surface area contributed by atoms with E-state index in [-0.39, 0.29) is 22.6 Å². The summed E-state index contributed by atoms with van der Waals surface area (Å²) in [6, 6.07) is -0.450. The standard InChI is InChI=1S/C17H26BrN3O4/c1-11(2)12(22)25-10-20-13(23)17(19(7)14(20)24)8-15(3,4)21(18)16(5,6)9-17/h1,8-10H2,2-7H3. The first-order chi connectivity index (χ1) is 11.3. The Morgan fingerprint density at radius 2 is 1.68 bits per heavy atom. The first kappa shape index (κ1) is 19.9. The molecular formula is C17H26BrN3O4. The van der Waals surface area contributed by atoms with E-state index in [0.717, 1.165) is 4.90 Å². The van der Waals surface area contributed by atoms with Crippen LogP contribution in [0.4, 0.5) is 4.79 Å². The topological polar surface area (TPSA) is 70.2 Å². The fourth-order valence-corrected chi connectivity index (χ4v) is 4.30. The minimum absolute atomic E-state index is 0.219. The zero-order chi connectivity index (χ0) is 19.4. The molecule has 0 aromatic heterocycles. The molecule has 0 N–H and O–H groups in total. The number of rotatable bonds is 3. The van der Waals surface area contributed by atoms with Crippen LogP contribution < -0.4 is 0 Å². The number of imide groups is 1. The predicted molar refractivity (Wildman–Crippen MR) is 96.7 cm³/mol. The molecule has 2 heterocycles. The number of halogens is 1. The van der Waals surface area contributed by atoms with Crippen molar-refractivity contribution in [2.45, 2.75) is 64.1 Å². The zero-order valence-corrected chi connectivity index (χ0v) is 17.3. The lowest BCUT2D eigenvalue weighted by Gasteiger charge is -2.56. The summed E-state index contributed by atoms with van der Waals surface area (Å²) in [6.07, 6.45) is 0.946. The Labute approximate surface area is 157 Å². The summed E-state index contributed by atoms with van der Waals surface area (Å²) in [6.45, 7) is 12.7. The maximum atomic E-state index is 13.2. The molecule has 2 saturated heterocycles. The van der Waals surface area contributed by atoms with E-state index in [4.69, 9.17) is 4.74 Å². The van der Waals surface area contributed by atoms with Crippen LogP contribution in [0.3, 0.4) is 0 Å². The van der Waals surface area contributed by atoms with E-state index < -0.39 is 24.3 Å². The Kier molecular flexibility index (Phi) is 4.85. The number of nitrogens with zero attached hydrogens (tertiary/aromatic N) is 3. The molecule has 0 aromatic rings. The van der Waals surface area contributed by atoms with Gasteiger partial charge < -0.3 is 9.64 Å². The number of piperidine rings is 1. The van der Waals surface area contributed by atoms with Gasteiger partial charge >= 0.3 is 12.0 Å². The molecule has 0 atom stereocenters. The minimum Gasteiger partial charge on any atom is -0.440 e. The van der Waals surface area contributed by atoms with Gasteiger partial charge in [0, 0.05) is 39.8 Å². The van der Waals surface area contributed by atoms with E-state index in [1.165, 1.54) is 11.8 Å². The van der Waals surface area contributed by atoms with Crippen molar-refractivity contribution in [3.63, 3.8) is 0 Å². The fraction of sp³-hybridized carbons (Fsp3) is 0.706. The molecule has 25 heavy (non-hydrogen) atoms. The summed E-state index contributed by atoms with van der Waals surface area (Å²) in [4.78, 5) is 40.0. The summed E-state index contributed by atoms with van der Waals surface area (Å²) < 4.78 is 7.10. The maximum absolute atomic E-state index is 13.2. The normalized spacial score (nSPS) is 24.8. The minimum atomic E-state index is -0.954. The molecule has 7 nitrogen and oxygen atoms in total. The van der Waals surface area contributed by atoms with Crippen molar-refractivity contribution in [2.24, 2.45) is 0 Å². The Bertz CT molecular complexity index is 626. The first-order valence-corrected chi connectivity index (χ1v) is 8.86. The van der Waals surface area contributed by atoms with Gasteiger partial charge in [0.1, 0.15) is 5.54 Å². The third-order valence-corrected chi connectivity index (χ3v) is 6.91. The molecule has 0 aromatic carbocycles. The van der Waals surface area contributed by atoms with Crippen molar-refractivity contribution >= 4 is 34.1 Å². The van der Waals surface area contributed by atoms with Gasteiger partial charge in [0.25, 0.3) is 5.91 Å². The Hall–Kier alpha value is -1.41. The lowest BCUT2D eigenvalue weighted by molar-refractivity contribution is -0.149. The van der Waals surface area contributed by atoms with Crippen LogP contribution in [0.25, 0.3) is 0 Å². The average molecular weight is 416 g/mol. The van der Waals surface area contributed by atoms with Gasteiger partial charge in [0.05, 0.1) is 0 Å². The van der Waals surface area contributed by atoms with Gasteiger partial charge in [-0.25, -0.2) is 18.4 Å². The maximum Gasteiger partial charge on any atom is 0.334 e. The number of hydrogen-bond donors (Lipinski definition) is 0. The number of esters is 1. The summed E-state index contributed by atoms with van der Waals surface area (Å²) in [7, 11) is 1.64. The second-order valence-electron chi connectivity index (χ2n) is 8.21. The van der Waals surface area contributed by atoms with Crippen LogP contribution in [0.1, 0.15) is 47.5 Å². The van der Waals surface area contributed by atoms with Crippen LogP contribution in [0.15, 0.2) is 12.2 Å². The van der Waals surface area contributed by atoms with E-state index in [0.29, 0.717) is 12.8 Å². The molecule has 2 aliphatic rings. The van der Waals surface area contributed by atoms with Gasteiger partial charge in [0.2, 0.25) is 0 Å². The van der Waals surface area contributed by atoms with Gasteiger partial charge in [0.15, 0.2) is 6.73 Å². The van der Waals surface area contributed by atoms with E-state index in [2.05, 4.69) is 26.7 Å². The predicted octanol–water partition coefficient (Wildman–Crippen LogP) is 2.66. The van der Waals surface area contributed by atoms with Crippen LogP contribution in [0, 0.1) is 0 Å². The van der Waals surface area contributed by atoms with Crippen molar-refractivity contribution in [3.8, 4) is 0 Å². The summed E-state index contributed by atoms with van der Waals surface area (Å²) in [5.41, 5.74) is -1.44. The van der Waals surface area contributed by atoms with E-state index in [1.54, 1.807) is 7.05 Å². The third-order valence-electron chi connectivity index (χ3n) is 4.99. The smallest absolute Gasteiger partial charge is 0.334 e. The van der Waals surface area contributed by atoms with Crippen molar-refractivity contribution < 1.29 is 19.1 Å². The number of hydrogen-bond acceptors (Lipinski definition) is 5. The van der Waals surface area contributed by atoms with Crippen LogP contribution in [0.2, 0.25) is 0 Å². The van der Waals surface area contributed by atoms with Crippen molar-refractivity contribution in [1.82, 2.24) is 13.7 Å². The number of likely N-dealkylation sites (N-methyl/N-ethyl adjacent to an activating group) is 1. The fourth-order valence-electron chi connectivity index (χ4n) is 4.05. The molecule has 2 rings (SSSR count). The quantitative estimate of drug-likeness (QED) is 0.306. The molecule has 3 amide bonds. The molecule has 0 unspecified atom stereocenters. The highest BCUT2D eigenvalue weighted by atomic mass is 79.9. The molecule has 8 heteroatoms. The van der Waals surface area contributed by atoms with Crippen molar-refractivity contribution in [1.29, 1.82) is 0 Å². The zero-order valence-electron chi connectivity index (χ0n) is 15.7. The molecule has 0 saturated carbocycles. The molecule has 2 aliphatic heterocycles. The summed E-state index contributed by atoms with van der Waals surface area (Å²) in [5.74, 6) is -0.948. The molecule has 2 fully saturated rings. The van der Waals surface area contributed by atoms with Gasteiger partial charge in [-0.15, -0.1) is 0 Å². The number of ether oxygens (including phenoxy) is 1. The van der Waals surface area contributed by atoms with Crippen LogP contribution in [-0.2, 0) is 14.3 Å². The Balaban J connectivity index is 2.33. The van der Waals surface area contributed by atoms with E-state index in [1.807, 2.05) is 27.7 Å². The van der Waals surface area contributed by atoms with Gasteiger partial charge in [-0.05, 0) is 47.5 Å². The number of urea groups is 1. The molecule has 140 valence electrons. The van der Waals surface area contributed by atoms with Crippen LogP contribution in [-0.4, -0.2) is 62.0 Å². The summed E-state index contributed by atoms with van der Waals surface area (Å²) >= 11 is 3.62. The van der Waals surface area contributed by atoms with Crippen LogP contribution in [0.5, 0.6) is 0 Å². The Morgan fingerprint density at radius 1 is 1.20 bits per heavy atom. The van der Waals surface area contributed by atoms with Gasteiger partial charge in [-0.2, -0.15) is 0 Å². The van der Waals surface area contributed by atoms with Gasteiger partial charge in [-0.3, -0.25) is 4.79 Å². The SMILES string of the molecule is C=C(C)C(=O)OCN1C(=O)N(C)C2(CC(C)(C)N(Br)C(C)(C)C2)C1=O. The average Bonchev–Trinajstić information content (AvgIpc) is 2.64. The van der Waals surface area contributed by atoms with Crippen molar-refractivity contribution in [2.75, 3.05) is 13.8 Å².